The minimum absolute atomic E-state index is 0.202. The lowest BCUT2D eigenvalue weighted by Crippen LogP contribution is -2.31. The molecule has 0 bridgehead atoms. The first-order valence-electron chi connectivity index (χ1n) is 12.4. The molecule has 190 valence electrons. The molecule has 1 unspecified atom stereocenters. The van der Waals surface area contributed by atoms with E-state index in [0.29, 0.717) is 19.4 Å². The minimum atomic E-state index is -0.622. The van der Waals surface area contributed by atoms with Gasteiger partial charge in [-0.25, -0.2) is 0 Å². The number of nitrogens with zero attached hydrogens (tertiary/aromatic N) is 3. The zero-order valence-corrected chi connectivity index (χ0v) is 21.5. The molecule has 0 spiro atoms. The third-order valence-corrected chi connectivity index (χ3v) is 7.01. The summed E-state index contributed by atoms with van der Waals surface area (Å²) in [4.78, 5) is 0. The quantitative estimate of drug-likeness (QED) is 0.227. The van der Waals surface area contributed by atoms with Crippen LogP contribution >= 0.6 is 11.8 Å². The van der Waals surface area contributed by atoms with Gasteiger partial charge in [0.2, 0.25) is 0 Å². The number of allylic oxidation sites excluding steroid dienone is 2. The molecular formula is C28H34N4O3S. The fourth-order valence-corrected chi connectivity index (χ4v) is 5.17. The molecule has 3 aromatic rings. The van der Waals surface area contributed by atoms with Gasteiger partial charge >= 0.3 is 0 Å². The Morgan fingerprint density at radius 3 is 2.69 bits per heavy atom. The van der Waals surface area contributed by atoms with Crippen molar-refractivity contribution in [3.05, 3.63) is 89.5 Å². The lowest BCUT2D eigenvalue weighted by atomic mass is 10.0. The second-order valence-corrected chi connectivity index (χ2v) is 9.77. The number of aliphatic hydroxyl groups is 1. The van der Waals surface area contributed by atoms with E-state index in [1.165, 1.54) is 5.56 Å². The van der Waals surface area contributed by atoms with Gasteiger partial charge in [0.1, 0.15) is 23.6 Å². The molecule has 3 N–H and O–H groups in total. The van der Waals surface area contributed by atoms with E-state index in [2.05, 4.69) is 51.9 Å². The van der Waals surface area contributed by atoms with Crippen LogP contribution in [0.1, 0.15) is 37.1 Å². The fraction of sp³-hybridized carbons (Fsp3) is 0.357. The number of phenolic OH excluding ortho intramolecular Hbond substituents is 1. The van der Waals surface area contributed by atoms with E-state index in [0.717, 1.165) is 59.4 Å². The molecule has 36 heavy (non-hydrogen) atoms. The number of aromatic nitrogens is 3. The van der Waals surface area contributed by atoms with Crippen LogP contribution in [-0.2, 0) is 17.6 Å². The monoisotopic (exact) mass is 506 g/mol. The number of rotatable bonds is 13. The van der Waals surface area contributed by atoms with Crippen molar-refractivity contribution in [3.8, 4) is 11.4 Å². The highest BCUT2D eigenvalue weighted by Gasteiger charge is 2.16. The van der Waals surface area contributed by atoms with Crippen LogP contribution in [0.4, 0.5) is 0 Å². The van der Waals surface area contributed by atoms with E-state index in [9.17, 15) is 10.2 Å². The Balaban J connectivity index is 1.35. The summed E-state index contributed by atoms with van der Waals surface area (Å²) < 4.78 is 7.44. The molecule has 2 aromatic carbocycles. The fourth-order valence-electron chi connectivity index (χ4n) is 4.21. The lowest BCUT2D eigenvalue weighted by Gasteiger charge is -2.18. The number of thioether (sulfide) groups is 1. The van der Waals surface area contributed by atoms with E-state index in [-0.39, 0.29) is 5.75 Å². The average Bonchev–Trinajstić information content (AvgIpc) is 3.30. The molecule has 1 aliphatic rings. The van der Waals surface area contributed by atoms with Crippen LogP contribution in [0.5, 0.6) is 5.75 Å². The maximum Gasteiger partial charge on any atom is 0.195 e. The van der Waals surface area contributed by atoms with Crippen LogP contribution in [-0.4, -0.2) is 50.6 Å². The maximum absolute atomic E-state index is 10.5. The standard InChI is InChI=1S/C28H34N4O3S/c1-35-25-14-6-5-11-22(25)20-29-27(34)16-8-15-26-30-31-28(32(26)23-12-7-13-24(33)19-23)36-18-17-21-9-3-2-4-10-21/h2-4,7,9-14,19,27,29,33-34H,5-6,8,15-18,20H2,1H3. The molecule has 4 rings (SSSR count). The number of hydrogen-bond donors (Lipinski definition) is 3. The van der Waals surface area contributed by atoms with Crippen molar-refractivity contribution in [3.63, 3.8) is 0 Å². The Labute approximate surface area is 216 Å². The Morgan fingerprint density at radius 1 is 1.06 bits per heavy atom. The van der Waals surface area contributed by atoms with Gasteiger partial charge in [-0.15, -0.1) is 10.2 Å². The van der Waals surface area contributed by atoms with Crippen LogP contribution in [0.2, 0.25) is 0 Å². The lowest BCUT2D eigenvalue weighted by molar-refractivity contribution is 0.128. The summed E-state index contributed by atoms with van der Waals surface area (Å²) in [6.07, 6.45) is 8.53. The molecule has 1 aromatic heterocycles. The summed E-state index contributed by atoms with van der Waals surface area (Å²) in [5, 5.41) is 33.4. The van der Waals surface area contributed by atoms with Crippen molar-refractivity contribution in [2.75, 3.05) is 19.4 Å². The maximum atomic E-state index is 10.5. The van der Waals surface area contributed by atoms with Crippen molar-refractivity contribution < 1.29 is 14.9 Å². The Bertz CT molecular complexity index is 1180. The molecule has 0 fully saturated rings. The molecule has 0 saturated heterocycles. The van der Waals surface area contributed by atoms with E-state index in [1.54, 1.807) is 31.0 Å². The molecule has 0 amide bonds. The van der Waals surface area contributed by atoms with Crippen LogP contribution in [0.3, 0.4) is 0 Å². The Hall–Kier alpha value is -3.07. The zero-order chi connectivity index (χ0) is 25.2. The number of aromatic hydroxyl groups is 1. The zero-order valence-electron chi connectivity index (χ0n) is 20.6. The third kappa shape index (κ3) is 7.22. The summed E-state index contributed by atoms with van der Waals surface area (Å²) in [6, 6.07) is 17.5. The normalized spacial score (nSPS) is 14.3. The molecule has 0 aliphatic heterocycles. The second kappa shape index (κ2) is 13.3. The molecule has 0 saturated carbocycles. The third-order valence-electron chi connectivity index (χ3n) is 6.08. The number of aliphatic hydroxyl groups excluding tert-OH is 1. The molecule has 0 radical (unpaired) electrons. The van der Waals surface area contributed by atoms with Crippen molar-refractivity contribution in [1.29, 1.82) is 0 Å². The minimum Gasteiger partial charge on any atom is -0.508 e. The predicted molar refractivity (Wildman–Crippen MR) is 143 cm³/mol. The van der Waals surface area contributed by atoms with Gasteiger partial charge in [0, 0.05) is 30.4 Å². The van der Waals surface area contributed by atoms with E-state index >= 15 is 0 Å². The van der Waals surface area contributed by atoms with Crippen molar-refractivity contribution in [1.82, 2.24) is 20.1 Å². The molecule has 1 heterocycles. The SMILES string of the molecule is COC1=CCCC=C1CNC(O)CCCc1nnc(SCCc2ccccc2)n1-c1cccc(O)c1. The summed E-state index contributed by atoms with van der Waals surface area (Å²) in [5.41, 5.74) is 3.20. The molecule has 7 nitrogen and oxygen atoms in total. The van der Waals surface area contributed by atoms with E-state index in [1.807, 2.05) is 22.8 Å². The average molecular weight is 507 g/mol. The summed E-state index contributed by atoms with van der Waals surface area (Å²) >= 11 is 1.65. The highest BCUT2D eigenvalue weighted by molar-refractivity contribution is 7.99. The van der Waals surface area contributed by atoms with Gasteiger partial charge in [-0.3, -0.25) is 9.88 Å². The molecule has 8 heteroatoms. The number of phenols is 1. The molecule has 1 atom stereocenters. The summed E-state index contributed by atoms with van der Waals surface area (Å²) in [7, 11) is 1.68. The topological polar surface area (TPSA) is 92.4 Å². The van der Waals surface area contributed by atoms with E-state index < -0.39 is 6.23 Å². The summed E-state index contributed by atoms with van der Waals surface area (Å²) in [5.74, 6) is 2.78. The molecular weight excluding hydrogens is 472 g/mol. The largest absolute Gasteiger partial charge is 0.508 e. The Kier molecular flexibility index (Phi) is 9.61. The highest BCUT2D eigenvalue weighted by atomic mass is 32.2. The van der Waals surface area contributed by atoms with Crippen molar-refractivity contribution >= 4 is 11.8 Å². The van der Waals surface area contributed by atoms with Crippen molar-refractivity contribution in [2.45, 2.75) is 49.9 Å². The van der Waals surface area contributed by atoms with Gasteiger partial charge in [-0.2, -0.15) is 0 Å². The van der Waals surface area contributed by atoms with Gasteiger partial charge in [-0.05, 0) is 55.9 Å². The number of methoxy groups -OCH3 is 1. The Morgan fingerprint density at radius 2 is 1.89 bits per heavy atom. The van der Waals surface area contributed by atoms with Gasteiger partial charge < -0.3 is 14.9 Å². The summed E-state index contributed by atoms with van der Waals surface area (Å²) in [6.45, 7) is 0.572. The van der Waals surface area contributed by atoms with Crippen LogP contribution in [0.15, 0.2) is 83.2 Å². The smallest absolute Gasteiger partial charge is 0.195 e. The second-order valence-electron chi connectivity index (χ2n) is 8.71. The first-order chi connectivity index (χ1) is 17.6. The number of hydrogen-bond acceptors (Lipinski definition) is 7. The van der Waals surface area contributed by atoms with Crippen LogP contribution < -0.4 is 5.32 Å². The number of ether oxygens (including phenoxy) is 1. The van der Waals surface area contributed by atoms with Gasteiger partial charge in [0.05, 0.1) is 12.8 Å². The van der Waals surface area contributed by atoms with Gasteiger partial charge in [-0.1, -0.05) is 54.2 Å². The van der Waals surface area contributed by atoms with Crippen LogP contribution in [0.25, 0.3) is 5.69 Å². The number of aryl methyl sites for hydroxylation is 2. The van der Waals surface area contributed by atoms with Crippen LogP contribution in [0, 0.1) is 0 Å². The molecule has 1 aliphatic carbocycles. The van der Waals surface area contributed by atoms with Gasteiger partial charge in [0.25, 0.3) is 0 Å². The van der Waals surface area contributed by atoms with E-state index in [4.69, 9.17) is 4.74 Å². The van der Waals surface area contributed by atoms with Crippen molar-refractivity contribution in [2.24, 2.45) is 0 Å². The first-order valence-corrected chi connectivity index (χ1v) is 13.4. The van der Waals surface area contributed by atoms with Gasteiger partial charge in [0.15, 0.2) is 5.16 Å². The number of benzene rings is 2. The number of nitrogens with one attached hydrogen (secondary N) is 1. The highest BCUT2D eigenvalue weighted by Crippen LogP contribution is 2.26. The first kappa shape index (κ1) is 26.0. The predicted octanol–water partition coefficient (Wildman–Crippen LogP) is 4.79.